The van der Waals surface area contributed by atoms with E-state index in [-0.39, 0.29) is 0 Å². The lowest BCUT2D eigenvalue weighted by Gasteiger charge is -2.29. The third kappa shape index (κ3) is 4.63. The van der Waals surface area contributed by atoms with Crippen LogP contribution in [-0.4, -0.2) is 0 Å². The van der Waals surface area contributed by atoms with Gasteiger partial charge in [-0.3, -0.25) is 0 Å². The molecule has 0 unspecified atom stereocenters. The van der Waals surface area contributed by atoms with Crippen molar-refractivity contribution < 1.29 is 0 Å². The lowest BCUT2D eigenvalue weighted by atomic mass is 10.2. The fourth-order valence-corrected chi connectivity index (χ4v) is 10.0. The molecule has 2 heteroatoms. The first kappa shape index (κ1) is 22.7. The minimum atomic E-state index is -0.705. The molecule has 0 aliphatic rings. The molecule has 0 aliphatic carbocycles. The topological polar surface area (TPSA) is 0 Å². The second-order valence-corrected chi connectivity index (χ2v) is 12.7. The van der Waals surface area contributed by atoms with Crippen molar-refractivity contribution in [2.24, 2.45) is 0 Å². The average Bonchev–Trinajstić information content (AvgIpc) is 2.89. The molecule has 0 bridgehead atoms. The van der Waals surface area contributed by atoms with E-state index in [1.165, 1.54) is 43.0 Å². The molecule has 5 aromatic carbocycles. The minimum Gasteiger partial charge on any atom is -0.0622 e. The maximum Gasteiger partial charge on any atom is -0.00674 e. The molecule has 34 heavy (non-hydrogen) atoms. The Morgan fingerprint density at radius 2 is 0.647 bits per heavy atom. The van der Waals surface area contributed by atoms with Crippen LogP contribution < -0.4 is 31.8 Å². The second-order valence-electron chi connectivity index (χ2n) is 8.40. The van der Waals surface area contributed by atoms with Gasteiger partial charge in [-0.05, 0) is 72.6 Å². The zero-order valence-corrected chi connectivity index (χ0v) is 21.4. The van der Waals surface area contributed by atoms with E-state index >= 15 is 0 Å². The zero-order chi connectivity index (χ0) is 23.3. The van der Waals surface area contributed by atoms with Crippen molar-refractivity contribution in [2.75, 3.05) is 0 Å². The molecule has 0 aromatic heterocycles. The number of rotatable bonds is 6. The molecule has 0 amide bonds. The molecule has 0 fully saturated rings. The highest BCUT2D eigenvalue weighted by molar-refractivity contribution is 7.85. The third-order valence-corrected chi connectivity index (χ3v) is 11.6. The number of benzene rings is 5. The van der Waals surface area contributed by atoms with Crippen molar-refractivity contribution in [1.29, 1.82) is 0 Å². The SMILES string of the molecule is Cc1ccccc1P(c1ccccc1C)c1ccccc1P(c1ccccc1)c1ccccc1. The fraction of sp³-hybridized carbons (Fsp3) is 0.0625. The van der Waals surface area contributed by atoms with Crippen LogP contribution >= 0.6 is 15.8 Å². The van der Waals surface area contributed by atoms with E-state index in [9.17, 15) is 0 Å². The summed E-state index contributed by atoms with van der Waals surface area (Å²) in [7, 11) is -1.39. The predicted molar refractivity (Wildman–Crippen MR) is 153 cm³/mol. The Bertz CT molecular complexity index is 1290. The molecular weight excluding hydrogens is 446 g/mol. The van der Waals surface area contributed by atoms with E-state index in [2.05, 4.69) is 147 Å². The molecule has 0 saturated heterocycles. The van der Waals surface area contributed by atoms with Gasteiger partial charge >= 0.3 is 0 Å². The molecule has 166 valence electrons. The molecule has 0 saturated carbocycles. The molecule has 0 N–H and O–H groups in total. The van der Waals surface area contributed by atoms with Crippen molar-refractivity contribution in [3.63, 3.8) is 0 Å². The molecule has 5 rings (SSSR count). The van der Waals surface area contributed by atoms with E-state index < -0.39 is 15.8 Å². The maximum absolute atomic E-state index is 2.38. The van der Waals surface area contributed by atoms with Gasteiger partial charge in [0.25, 0.3) is 0 Å². The Kier molecular flexibility index (Phi) is 7.01. The molecule has 0 radical (unpaired) electrons. The summed E-state index contributed by atoms with van der Waals surface area (Å²) in [6.45, 7) is 4.51. The van der Waals surface area contributed by atoms with E-state index in [1.54, 1.807) is 0 Å². The van der Waals surface area contributed by atoms with Gasteiger partial charge < -0.3 is 0 Å². The summed E-state index contributed by atoms with van der Waals surface area (Å²) in [6, 6.07) is 49.1. The van der Waals surface area contributed by atoms with E-state index in [1.807, 2.05) is 0 Å². The molecular formula is C32H28P2. The van der Waals surface area contributed by atoms with E-state index in [4.69, 9.17) is 0 Å². The summed E-state index contributed by atoms with van der Waals surface area (Å²) in [5.41, 5.74) is 2.71. The first-order chi connectivity index (χ1) is 16.7. The zero-order valence-electron chi connectivity index (χ0n) is 19.6. The van der Waals surface area contributed by atoms with Gasteiger partial charge in [0.15, 0.2) is 0 Å². The van der Waals surface area contributed by atoms with Crippen LogP contribution in [0.25, 0.3) is 0 Å². The number of hydrogen-bond acceptors (Lipinski definition) is 0. The second kappa shape index (κ2) is 10.5. The van der Waals surface area contributed by atoms with Crippen LogP contribution in [0.2, 0.25) is 0 Å². The monoisotopic (exact) mass is 474 g/mol. The van der Waals surface area contributed by atoms with Crippen LogP contribution in [-0.2, 0) is 0 Å². The summed E-state index contributed by atoms with van der Waals surface area (Å²) in [4.78, 5) is 0. The lowest BCUT2D eigenvalue weighted by molar-refractivity contribution is 1.50. The predicted octanol–water partition coefficient (Wildman–Crippen LogP) is 5.82. The van der Waals surface area contributed by atoms with Gasteiger partial charge in [0.2, 0.25) is 0 Å². The first-order valence-electron chi connectivity index (χ1n) is 11.6. The molecule has 0 heterocycles. The van der Waals surface area contributed by atoms with Crippen LogP contribution in [0.1, 0.15) is 11.1 Å². The number of aryl methyl sites for hydroxylation is 2. The molecule has 0 aliphatic heterocycles. The van der Waals surface area contributed by atoms with Gasteiger partial charge in [0.1, 0.15) is 0 Å². The van der Waals surface area contributed by atoms with Gasteiger partial charge in [0.05, 0.1) is 0 Å². The highest BCUT2D eigenvalue weighted by atomic mass is 31.1. The summed E-state index contributed by atoms with van der Waals surface area (Å²) >= 11 is 0. The van der Waals surface area contributed by atoms with Crippen molar-refractivity contribution >= 4 is 47.7 Å². The lowest BCUT2D eigenvalue weighted by Crippen LogP contribution is -2.35. The molecule has 5 aromatic rings. The van der Waals surface area contributed by atoms with Gasteiger partial charge in [0, 0.05) is 0 Å². The molecule has 0 atom stereocenters. The van der Waals surface area contributed by atoms with Crippen molar-refractivity contribution in [1.82, 2.24) is 0 Å². The van der Waals surface area contributed by atoms with Crippen LogP contribution in [0.15, 0.2) is 133 Å². The minimum absolute atomic E-state index is 0.683. The summed E-state index contributed by atoms with van der Waals surface area (Å²) < 4.78 is 0. The fourth-order valence-electron chi connectivity index (χ4n) is 4.44. The average molecular weight is 475 g/mol. The normalized spacial score (nSPS) is 11.2. The van der Waals surface area contributed by atoms with Gasteiger partial charge in [-0.1, -0.05) is 133 Å². The van der Waals surface area contributed by atoms with Crippen molar-refractivity contribution in [2.45, 2.75) is 13.8 Å². The van der Waals surface area contributed by atoms with Gasteiger partial charge in [-0.2, -0.15) is 0 Å². The Morgan fingerprint density at radius 3 is 1.06 bits per heavy atom. The Morgan fingerprint density at radius 1 is 0.324 bits per heavy atom. The van der Waals surface area contributed by atoms with Crippen LogP contribution in [0.5, 0.6) is 0 Å². The summed E-state index contributed by atoms with van der Waals surface area (Å²) in [6.07, 6.45) is 0. The van der Waals surface area contributed by atoms with Crippen molar-refractivity contribution in [3.8, 4) is 0 Å². The largest absolute Gasteiger partial charge is 0.0622 e. The smallest absolute Gasteiger partial charge is 0.00674 e. The van der Waals surface area contributed by atoms with Crippen molar-refractivity contribution in [3.05, 3.63) is 145 Å². The quantitative estimate of drug-likeness (QED) is 0.272. The summed E-state index contributed by atoms with van der Waals surface area (Å²) in [5.74, 6) is 0. The Hall–Kier alpha value is -3.04. The van der Waals surface area contributed by atoms with Crippen LogP contribution in [0, 0.1) is 13.8 Å². The van der Waals surface area contributed by atoms with Crippen LogP contribution in [0.3, 0.4) is 0 Å². The molecule has 0 spiro atoms. The Balaban J connectivity index is 1.79. The highest BCUT2D eigenvalue weighted by Crippen LogP contribution is 2.40. The standard InChI is InChI=1S/C32H28P2/c1-25-15-9-11-21-29(25)34(30-22-12-10-16-26(30)2)32-24-14-13-23-31(32)33(27-17-5-3-6-18-27)28-19-7-4-8-20-28/h3-24H,1-2H3. The maximum atomic E-state index is 2.38. The number of hydrogen-bond donors (Lipinski definition) is 0. The van der Waals surface area contributed by atoms with Gasteiger partial charge in [-0.15, -0.1) is 0 Å². The Labute approximate surface area is 205 Å². The van der Waals surface area contributed by atoms with E-state index in [0.29, 0.717) is 0 Å². The van der Waals surface area contributed by atoms with E-state index in [0.717, 1.165) is 0 Å². The first-order valence-corrected chi connectivity index (χ1v) is 14.3. The van der Waals surface area contributed by atoms with Crippen LogP contribution in [0.4, 0.5) is 0 Å². The highest BCUT2D eigenvalue weighted by Gasteiger charge is 2.26. The summed E-state index contributed by atoms with van der Waals surface area (Å²) in [5, 5.41) is 8.57. The van der Waals surface area contributed by atoms with Gasteiger partial charge in [-0.25, -0.2) is 0 Å². The molecule has 0 nitrogen and oxygen atoms in total. The third-order valence-electron chi connectivity index (χ3n) is 6.11.